The number of allylic oxidation sites excluding steroid dienone is 2. The number of ether oxygens (including phenoxy) is 3. The van der Waals surface area contributed by atoms with E-state index >= 15 is 0 Å². The van der Waals surface area contributed by atoms with Gasteiger partial charge >= 0.3 is 12.1 Å². The second-order valence-corrected chi connectivity index (χ2v) is 14.3. The number of methoxy groups -OCH3 is 1. The van der Waals surface area contributed by atoms with Crippen LogP contribution in [0.15, 0.2) is 54.6 Å². The van der Waals surface area contributed by atoms with Crippen molar-refractivity contribution in [2.75, 3.05) is 33.4 Å². The van der Waals surface area contributed by atoms with Crippen molar-refractivity contribution in [2.45, 2.75) is 102 Å². The van der Waals surface area contributed by atoms with Crippen molar-refractivity contribution in [3.63, 3.8) is 0 Å². The molecule has 8 heteroatoms. The zero-order valence-corrected chi connectivity index (χ0v) is 27.9. The first-order valence-electron chi connectivity index (χ1n) is 16.9. The third kappa shape index (κ3) is 7.82. The van der Waals surface area contributed by atoms with Crippen molar-refractivity contribution in [1.29, 1.82) is 0 Å². The van der Waals surface area contributed by atoms with Crippen LogP contribution in [0, 0.1) is 11.3 Å². The maximum absolute atomic E-state index is 14.5. The average Bonchev–Trinajstić information content (AvgIpc) is 3.01. The largest absolute Gasteiger partial charge is 0.497 e. The molecule has 3 aliphatic rings. The molecule has 0 spiro atoms. The SMILES string of the molecule is CCOC(=O)C1CC=C(c2ccc(CN(CC[C@@]3(c4ccc(OC)cc4)CCOC(C)(C)C3)CC3(C(F)(F)F)CCC3)cc2)CC1. The van der Waals surface area contributed by atoms with Gasteiger partial charge < -0.3 is 14.2 Å². The fourth-order valence-corrected chi connectivity index (χ4v) is 7.83. The number of esters is 1. The van der Waals surface area contributed by atoms with E-state index in [9.17, 15) is 18.0 Å². The van der Waals surface area contributed by atoms with Crippen molar-refractivity contribution in [2.24, 2.45) is 11.3 Å². The molecule has 0 aromatic heterocycles. The number of nitrogens with zero attached hydrogens (tertiary/aromatic N) is 1. The lowest BCUT2D eigenvalue weighted by atomic mass is 9.66. The molecule has 0 N–H and O–H groups in total. The molecule has 2 aliphatic carbocycles. The molecule has 0 radical (unpaired) electrons. The summed E-state index contributed by atoms with van der Waals surface area (Å²) < 4.78 is 60.1. The van der Waals surface area contributed by atoms with Crippen LogP contribution in [0.25, 0.3) is 5.57 Å². The number of halogens is 3. The van der Waals surface area contributed by atoms with Gasteiger partial charge in [0.25, 0.3) is 0 Å². The zero-order valence-electron chi connectivity index (χ0n) is 27.9. The fourth-order valence-electron chi connectivity index (χ4n) is 7.83. The molecule has 0 amide bonds. The van der Waals surface area contributed by atoms with Gasteiger partial charge in [0, 0.05) is 25.1 Å². The topological polar surface area (TPSA) is 48.0 Å². The minimum absolute atomic E-state index is 0.0111. The van der Waals surface area contributed by atoms with Crippen LogP contribution in [-0.4, -0.2) is 56.1 Å². The molecule has 1 unspecified atom stereocenters. The summed E-state index contributed by atoms with van der Waals surface area (Å²) in [5, 5.41) is 0. The highest BCUT2D eigenvalue weighted by atomic mass is 19.4. The lowest BCUT2D eigenvalue weighted by Crippen LogP contribution is -2.52. The van der Waals surface area contributed by atoms with Gasteiger partial charge in [-0.1, -0.05) is 48.9 Å². The van der Waals surface area contributed by atoms with Crippen molar-refractivity contribution in [1.82, 2.24) is 4.90 Å². The zero-order chi connectivity index (χ0) is 33.0. The summed E-state index contributed by atoms with van der Waals surface area (Å²) in [6.45, 7) is 8.07. The molecule has 0 bridgehead atoms. The van der Waals surface area contributed by atoms with Gasteiger partial charge in [0.2, 0.25) is 0 Å². The van der Waals surface area contributed by atoms with Crippen LogP contribution in [0.2, 0.25) is 0 Å². The maximum atomic E-state index is 14.5. The normalized spacial score (nSPS) is 24.2. The summed E-state index contributed by atoms with van der Waals surface area (Å²) in [5.41, 5.74) is 2.32. The summed E-state index contributed by atoms with van der Waals surface area (Å²) in [7, 11) is 1.65. The van der Waals surface area contributed by atoms with Crippen LogP contribution in [-0.2, 0) is 26.2 Å². The average molecular weight is 642 g/mol. The molecular formula is C38H50F3NO4. The van der Waals surface area contributed by atoms with E-state index in [0.717, 1.165) is 49.0 Å². The Hall–Kier alpha value is -2.84. The summed E-state index contributed by atoms with van der Waals surface area (Å²) in [5.74, 6) is 0.566. The van der Waals surface area contributed by atoms with E-state index in [4.69, 9.17) is 14.2 Å². The molecule has 252 valence electrons. The van der Waals surface area contributed by atoms with E-state index in [1.165, 1.54) is 11.1 Å². The first-order valence-corrected chi connectivity index (χ1v) is 16.9. The summed E-state index contributed by atoms with van der Waals surface area (Å²) in [6.07, 6.45) is 3.50. The van der Waals surface area contributed by atoms with E-state index in [1.807, 2.05) is 19.1 Å². The predicted molar refractivity (Wildman–Crippen MR) is 175 cm³/mol. The molecule has 5 nitrogen and oxygen atoms in total. The highest BCUT2D eigenvalue weighted by Crippen LogP contribution is 2.54. The van der Waals surface area contributed by atoms with Crippen LogP contribution in [0.5, 0.6) is 5.75 Å². The van der Waals surface area contributed by atoms with Crippen LogP contribution in [0.3, 0.4) is 0 Å². The highest BCUT2D eigenvalue weighted by Gasteiger charge is 2.58. The molecule has 1 saturated carbocycles. The Morgan fingerprint density at radius 2 is 1.76 bits per heavy atom. The maximum Gasteiger partial charge on any atom is 0.395 e. The lowest BCUT2D eigenvalue weighted by Gasteiger charge is -2.48. The second-order valence-electron chi connectivity index (χ2n) is 14.3. The molecule has 2 fully saturated rings. The van der Waals surface area contributed by atoms with Crippen molar-refractivity contribution in [3.8, 4) is 5.75 Å². The predicted octanol–water partition coefficient (Wildman–Crippen LogP) is 8.89. The van der Waals surface area contributed by atoms with Gasteiger partial charge in [-0.25, -0.2) is 0 Å². The third-order valence-corrected chi connectivity index (χ3v) is 10.6. The molecule has 46 heavy (non-hydrogen) atoms. The van der Waals surface area contributed by atoms with Gasteiger partial charge in [-0.2, -0.15) is 13.2 Å². The minimum atomic E-state index is -4.23. The van der Waals surface area contributed by atoms with Gasteiger partial charge in [0.15, 0.2) is 0 Å². The van der Waals surface area contributed by atoms with Gasteiger partial charge in [-0.15, -0.1) is 0 Å². The standard InChI is InChI=1S/C38H50F3NO4/c1-5-45-34(43)31-13-11-30(12-14-31)29-9-7-28(8-10-29)25-42(27-37(19-6-20-37)38(39,40)41)23-21-36(22-24-46-35(2,3)26-36)32-15-17-33(44-4)18-16-32/h7-11,15-18,31H,5-6,12-14,19-27H2,1-4H3/t31?,36-/m1/s1. The molecule has 2 atom stereocenters. The smallest absolute Gasteiger partial charge is 0.395 e. The Kier molecular flexibility index (Phi) is 10.6. The van der Waals surface area contributed by atoms with Gasteiger partial charge in [0.05, 0.1) is 30.7 Å². The molecule has 1 heterocycles. The first kappa shape index (κ1) is 34.5. The fraction of sp³-hybridized carbons (Fsp3) is 0.605. The van der Waals surface area contributed by atoms with Crippen LogP contribution in [0.1, 0.15) is 95.2 Å². The van der Waals surface area contributed by atoms with E-state index < -0.39 is 11.6 Å². The van der Waals surface area contributed by atoms with Gasteiger partial charge in [-0.3, -0.25) is 9.69 Å². The summed E-state index contributed by atoms with van der Waals surface area (Å²) in [6, 6.07) is 16.4. The van der Waals surface area contributed by atoms with Crippen LogP contribution < -0.4 is 4.74 Å². The lowest BCUT2D eigenvalue weighted by molar-refractivity contribution is -0.256. The second kappa shape index (κ2) is 14.1. The van der Waals surface area contributed by atoms with E-state index in [1.54, 1.807) is 7.11 Å². The van der Waals surface area contributed by atoms with Crippen molar-refractivity contribution >= 4 is 11.5 Å². The highest BCUT2D eigenvalue weighted by molar-refractivity contribution is 5.75. The van der Waals surface area contributed by atoms with E-state index in [2.05, 4.69) is 61.2 Å². The molecule has 2 aromatic carbocycles. The van der Waals surface area contributed by atoms with Crippen LogP contribution >= 0.6 is 0 Å². The summed E-state index contributed by atoms with van der Waals surface area (Å²) >= 11 is 0. The van der Waals surface area contributed by atoms with Crippen LogP contribution in [0.4, 0.5) is 13.2 Å². The molecule has 1 saturated heterocycles. The number of hydrogen-bond acceptors (Lipinski definition) is 5. The number of carbonyl (C=O) groups excluding carboxylic acids is 1. The minimum Gasteiger partial charge on any atom is -0.497 e. The van der Waals surface area contributed by atoms with Gasteiger partial charge in [0.1, 0.15) is 5.75 Å². The Bertz CT molecular complexity index is 1350. The molecule has 1 aliphatic heterocycles. The van der Waals surface area contributed by atoms with Crippen molar-refractivity contribution in [3.05, 3.63) is 71.3 Å². The van der Waals surface area contributed by atoms with E-state index in [0.29, 0.717) is 39.1 Å². The quantitative estimate of drug-likeness (QED) is 0.217. The molecular weight excluding hydrogens is 591 g/mol. The van der Waals surface area contributed by atoms with Gasteiger partial charge in [-0.05, 0) is 113 Å². The number of alkyl halides is 3. The number of hydrogen-bond donors (Lipinski definition) is 0. The molecule has 2 aromatic rings. The monoisotopic (exact) mass is 641 g/mol. The van der Waals surface area contributed by atoms with E-state index in [-0.39, 0.29) is 42.3 Å². The number of benzene rings is 2. The number of carbonyl (C=O) groups is 1. The Labute approximate surface area is 272 Å². The van der Waals surface area contributed by atoms with Crippen molar-refractivity contribution < 1.29 is 32.2 Å². The first-order chi connectivity index (χ1) is 21.9. The number of rotatable bonds is 12. The third-order valence-electron chi connectivity index (χ3n) is 10.6. The Morgan fingerprint density at radius 3 is 2.30 bits per heavy atom. The summed E-state index contributed by atoms with van der Waals surface area (Å²) in [4.78, 5) is 14.2. The Morgan fingerprint density at radius 1 is 1.04 bits per heavy atom. The Balaban J connectivity index is 1.35. The molecule has 5 rings (SSSR count).